The zero-order valence-corrected chi connectivity index (χ0v) is 41.4. The van der Waals surface area contributed by atoms with Crippen molar-refractivity contribution in [3.63, 3.8) is 0 Å². The van der Waals surface area contributed by atoms with Crippen LogP contribution in [0, 0.1) is 94.7 Å². The van der Waals surface area contributed by atoms with Crippen LogP contribution in [-0.4, -0.2) is 132 Å². The molecule has 18 nitrogen and oxygen atoms in total. The predicted octanol–water partition coefficient (Wildman–Crippen LogP) is 4.05. The summed E-state index contributed by atoms with van der Waals surface area (Å²) >= 11 is 3.70. The highest BCUT2D eigenvalue weighted by atomic mass is 32.2. The number of ether oxygens (including phenoxy) is 6. The Morgan fingerprint density at radius 1 is 0.386 bits per heavy atom. The molecule has 15 aliphatic rings. The number of aryl methyl sites for hydroxylation is 4. The van der Waals surface area contributed by atoms with Crippen molar-refractivity contribution in [2.45, 2.75) is 114 Å². The number of thioether (sulfide) groups is 2. The Morgan fingerprint density at radius 2 is 0.657 bits per heavy atom. The molecule has 10 aliphatic carbocycles. The van der Waals surface area contributed by atoms with Crippen molar-refractivity contribution in [3.05, 3.63) is 47.6 Å². The maximum atomic E-state index is 7.55. The fourth-order valence-electron chi connectivity index (χ4n) is 21.2. The summed E-state index contributed by atoms with van der Waals surface area (Å²) in [5.41, 5.74) is 3.58. The van der Waals surface area contributed by atoms with Crippen molar-refractivity contribution in [2.24, 2.45) is 94.7 Å². The van der Waals surface area contributed by atoms with Crippen molar-refractivity contribution in [1.82, 2.24) is 60.0 Å². The van der Waals surface area contributed by atoms with E-state index in [0.717, 1.165) is 145 Å². The molecule has 10 saturated carbocycles. The minimum atomic E-state index is 0.00153. The van der Waals surface area contributed by atoms with Gasteiger partial charge in [0.2, 0.25) is 0 Å². The highest BCUT2D eigenvalue weighted by Crippen LogP contribution is 2.95. The van der Waals surface area contributed by atoms with E-state index in [1.807, 2.05) is 42.3 Å². The van der Waals surface area contributed by atoms with Gasteiger partial charge < -0.3 is 28.4 Å². The van der Waals surface area contributed by atoms with E-state index >= 15 is 0 Å². The van der Waals surface area contributed by atoms with Crippen LogP contribution in [0.15, 0.2) is 24.8 Å². The van der Waals surface area contributed by atoms with E-state index in [1.54, 1.807) is 0 Å². The molecule has 4 spiro atoms. The Bertz CT molecular complexity index is 2340. The van der Waals surface area contributed by atoms with Gasteiger partial charge in [-0.3, -0.25) is 18.7 Å². The summed E-state index contributed by atoms with van der Waals surface area (Å²) in [6, 6.07) is 0. The highest BCUT2D eigenvalue weighted by molar-refractivity contribution is 7.99. The summed E-state index contributed by atoms with van der Waals surface area (Å²) in [5.74, 6) is 16.3. The summed E-state index contributed by atoms with van der Waals surface area (Å²) in [5, 5.41) is 36.2. The van der Waals surface area contributed by atoms with E-state index < -0.39 is 0 Å². The molecular formula is C50H64N12O6S2. The maximum Gasteiger partial charge on any atom is 0.108 e. The van der Waals surface area contributed by atoms with Crippen LogP contribution in [0.3, 0.4) is 0 Å². The quantitative estimate of drug-likeness (QED) is 0.246. The largest absolute Gasteiger partial charge is 0.374 e. The minimum absolute atomic E-state index is 0.00153. The third-order valence-electron chi connectivity index (χ3n) is 22.0. The lowest BCUT2D eigenvalue weighted by Crippen LogP contribution is -2.52. The van der Waals surface area contributed by atoms with Gasteiger partial charge >= 0.3 is 0 Å². The first-order valence-corrected chi connectivity index (χ1v) is 29.3. The number of aromatic nitrogens is 12. The van der Waals surface area contributed by atoms with Crippen LogP contribution in [0.5, 0.6) is 0 Å². The van der Waals surface area contributed by atoms with E-state index in [9.17, 15) is 0 Å². The molecule has 372 valence electrons. The molecule has 14 fully saturated rings. The Hall–Kier alpha value is -2.98. The lowest BCUT2D eigenvalue weighted by Gasteiger charge is -2.48. The fraction of sp³-hybridized carbons (Fsp3) is 0.840. The first kappa shape index (κ1) is 42.4. The zero-order chi connectivity index (χ0) is 45.6. The summed E-state index contributed by atoms with van der Waals surface area (Å²) in [7, 11) is 0. The molecule has 19 rings (SSSR count). The first-order valence-electron chi connectivity index (χ1n) is 27.0. The van der Waals surface area contributed by atoms with E-state index in [-0.39, 0.29) is 22.4 Å². The first-order chi connectivity index (χ1) is 34.6. The molecule has 0 N–H and O–H groups in total. The standard InChI is InChI=1S/C50H64N12O6S2/c1-5-59-19-27(51-55-59)23-63-9-13-69-14-10-65-25-29-21-61(57-53-29)7-3-49-41-33-18-34-38-37(33)45(49)46(38)50(68-49,42(34)41)4-8-62-22-30(54-58-62)26-66-12-16-70-15-11-64-24-28-20-60(56-52-28)6-2-48-40-32-17-31-35-36(32)44(48)43(35)47(1,67-48)39(31)40/h19-22,31-46H,1-18,23-26H2/t31-,32+,33+,34-,35?,36?,37?,38?,39?,40?,41?,42?,43?,44?,45?,46?,47-,48+,49+,50-. The van der Waals surface area contributed by atoms with Gasteiger partial charge in [0.15, 0.2) is 0 Å². The van der Waals surface area contributed by atoms with Crippen molar-refractivity contribution in [3.8, 4) is 0 Å². The van der Waals surface area contributed by atoms with E-state index in [1.165, 1.54) is 12.8 Å². The van der Waals surface area contributed by atoms with Crippen LogP contribution in [0.1, 0.15) is 61.3 Å². The molecule has 0 amide bonds. The van der Waals surface area contributed by atoms with Crippen LogP contribution in [0.4, 0.5) is 0 Å². The Kier molecular flexibility index (Phi) is 9.27. The van der Waals surface area contributed by atoms with Gasteiger partial charge in [0, 0.05) is 49.2 Å². The Labute approximate surface area is 415 Å². The van der Waals surface area contributed by atoms with E-state index in [4.69, 9.17) is 28.4 Å². The van der Waals surface area contributed by atoms with Crippen LogP contribution in [-0.2, 0) is 81.0 Å². The van der Waals surface area contributed by atoms with Gasteiger partial charge in [0.05, 0.1) is 100 Å². The minimum Gasteiger partial charge on any atom is -0.374 e. The SMILES string of the molecule is c1c2nnn1CC[C@]13O[C@]4(CCn5cc(nn5)COCCSCCOCc5cn(nn5)CC[C@]56O[C@]7(CCn8cc(nn8)COCCSCCOC2)C2C8C(C25)[C@H]2C[C@@H]8C7C26)C2C5C(C21)[C@H]1C[C@@H]5C4C13. The molecule has 4 aromatic heterocycles. The molecule has 4 aromatic rings. The summed E-state index contributed by atoms with van der Waals surface area (Å²) in [6.45, 7) is 7.98. The van der Waals surface area contributed by atoms with Gasteiger partial charge in [0.1, 0.15) is 22.8 Å². The monoisotopic (exact) mass is 992 g/mol. The smallest absolute Gasteiger partial charge is 0.108 e. The third-order valence-corrected chi connectivity index (χ3v) is 23.9. The average molecular weight is 993 g/mol. The van der Waals surface area contributed by atoms with E-state index in [0.29, 0.717) is 100 Å². The van der Waals surface area contributed by atoms with Crippen LogP contribution >= 0.6 is 23.5 Å². The second-order valence-corrected chi connectivity index (χ2v) is 26.4. The van der Waals surface area contributed by atoms with Crippen LogP contribution in [0.2, 0.25) is 0 Å². The summed E-state index contributed by atoms with van der Waals surface area (Å²) in [6.07, 6.45) is 15.3. The van der Waals surface area contributed by atoms with Crippen molar-refractivity contribution in [1.29, 1.82) is 0 Å². The molecule has 12 unspecified atom stereocenters. The third kappa shape index (κ3) is 5.46. The van der Waals surface area contributed by atoms with Crippen molar-refractivity contribution < 1.29 is 28.4 Å². The lowest BCUT2D eigenvalue weighted by molar-refractivity contribution is -0.0837. The normalized spacial score (nSPS) is 49.4. The van der Waals surface area contributed by atoms with Gasteiger partial charge in [-0.2, -0.15) is 23.5 Å². The average Bonchev–Trinajstić information content (AvgIpc) is 4.16. The molecule has 9 heterocycles. The Morgan fingerprint density at radius 3 is 0.929 bits per heavy atom. The van der Waals surface area contributed by atoms with E-state index in [2.05, 4.69) is 66.0 Å². The Balaban J connectivity index is 0.535. The predicted molar refractivity (Wildman–Crippen MR) is 250 cm³/mol. The fourth-order valence-corrected chi connectivity index (χ4v) is 22.5. The van der Waals surface area contributed by atoms with Gasteiger partial charge in [0.25, 0.3) is 0 Å². The summed E-state index contributed by atoms with van der Waals surface area (Å²) in [4.78, 5) is 0. The molecule has 5 aliphatic heterocycles. The van der Waals surface area contributed by atoms with Crippen LogP contribution < -0.4 is 0 Å². The molecular weight excluding hydrogens is 929 g/mol. The summed E-state index contributed by atoms with van der Waals surface area (Å²) < 4.78 is 47.5. The highest BCUT2D eigenvalue weighted by Gasteiger charge is 2.97. The van der Waals surface area contributed by atoms with Gasteiger partial charge in [-0.05, 0) is 133 Å². The van der Waals surface area contributed by atoms with Crippen molar-refractivity contribution in [2.75, 3.05) is 49.4 Å². The molecule has 20 atom stereocenters. The number of hydrogen-bond acceptors (Lipinski definition) is 16. The van der Waals surface area contributed by atoms with Crippen molar-refractivity contribution >= 4 is 23.5 Å². The van der Waals surface area contributed by atoms with Gasteiger partial charge in [-0.1, -0.05) is 20.9 Å². The lowest BCUT2D eigenvalue weighted by atomic mass is 9.54. The molecule has 16 bridgehead atoms. The number of fused-ring (bicyclic) bond motifs is 8. The van der Waals surface area contributed by atoms with Gasteiger partial charge in [-0.25, -0.2) is 0 Å². The molecule has 4 saturated heterocycles. The molecule has 0 radical (unpaired) electrons. The second kappa shape index (κ2) is 15.3. The molecule has 70 heavy (non-hydrogen) atoms. The number of nitrogens with zero attached hydrogens (tertiary/aromatic N) is 12. The molecule has 20 heteroatoms. The maximum absolute atomic E-state index is 7.55. The number of rotatable bonds is 0. The van der Waals surface area contributed by atoms with Crippen LogP contribution in [0.25, 0.3) is 0 Å². The van der Waals surface area contributed by atoms with Gasteiger partial charge in [-0.15, -0.1) is 20.4 Å². The number of hydrogen-bond donors (Lipinski definition) is 0. The molecule has 0 aromatic carbocycles. The second-order valence-electron chi connectivity index (χ2n) is 24.0. The zero-order valence-electron chi connectivity index (χ0n) is 39.7. The topological polar surface area (TPSA) is 178 Å².